The molecule has 0 amide bonds. The fourth-order valence-electron chi connectivity index (χ4n) is 2.78. The maximum absolute atomic E-state index is 6.02. The second kappa shape index (κ2) is 6.56. The smallest absolute Gasteiger partial charge is 0.223 e. The van der Waals surface area contributed by atoms with Gasteiger partial charge in [0.2, 0.25) is 5.95 Å². The molecule has 2 rings (SSSR count). The van der Waals surface area contributed by atoms with Gasteiger partial charge in [0, 0.05) is 23.8 Å². The predicted molar refractivity (Wildman–Crippen MR) is 80.9 cm³/mol. The lowest BCUT2D eigenvalue weighted by molar-refractivity contribution is 0.443. The van der Waals surface area contributed by atoms with E-state index in [1.807, 2.05) is 6.92 Å². The first-order chi connectivity index (χ1) is 9.10. The van der Waals surface area contributed by atoms with Gasteiger partial charge >= 0.3 is 0 Å². The number of rotatable bonds is 5. The molecule has 4 heteroatoms. The van der Waals surface area contributed by atoms with Crippen LogP contribution >= 0.6 is 11.6 Å². The molecule has 106 valence electrons. The molecule has 2 unspecified atom stereocenters. The van der Waals surface area contributed by atoms with Gasteiger partial charge in [-0.15, -0.1) is 11.6 Å². The standard InChI is InChI=1S/C15H24ClN3/c1-10(2)14-7-11(3)18-15(19-14)17-9-13-6-4-5-12(13)8-16/h7,10,12-13H,4-6,8-9H2,1-3H3,(H,17,18,19). The van der Waals surface area contributed by atoms with Crippen molar-refractivity contribution in [1.82, 2.24) is 9.97 Å². The molecular weight excluding hydrogens is 258 g/mol. The van der Waals surface area contributed by atoms with Crippen molar-refractivity contribution in [3.63, 3.8) is 0 Å². The van der Waals surface area contributed by atoms with Crippen molar-refractivity contribution < 1.29 is 0 Å². The largest absolute Gasteiger partial charge is 0.354 e. The first-order valence-corrected chi connectivity index (χ1v) is 7.79. The molecule has 0 bridgehead atoms. The molecule has 1 N–H and O–H groups in total. The van der Waals surface area contributed by atoms with E-state index in [-0.39, 0.29) is 0 Å². The van der Waals surface area contributed by atoms with Crippen LogP contribution in [0.5, 0.6) is 0 Å². The van der Waals surface area contributed by atoms with E-state index < -0.39 is 0 Å². The zero-order valence-corrected chi connectivity index (χ0v) is 12.9. The molecule has 19 heavy (non-hydrogen) atoms. The topological polar surface area (TPSA) is 37.8 Å². The molecule has 1 aromatic rings. The average Bonchev–Trinajstić information content (AvgIpc) is 2.83. The van der Waals surface area contributed by atoms with Gasteiger partial charge in [-0.1, -0.05) is 20.3 Å². The third-order valence-corrected chi connectivity index (χ3v) is 4.40. The summed E-state index contributed by atoms with van der Waals surface area (Å²) < 4.78 is 0. The number of aromatic nitrogens is 2. The molecule has 2 atom stereocenters. The number of halogens is 1. The Labute approximate surface area is 121 Å². The van der Waals surface area contributed by atoms with Gasteiger partial charge in [-0.25, -0.2) is 9.97 Å². The highest BCUT2D eigenvalue weighted by molar-refractivity contribution is 6.18. The third kappa shape index (κ3) is 3.82. The minimum atomic E-state index is 0.435. The number of aryl methyl sites for hydroxylation is 1. The number of hydrogen-bond acceptors (Lipinski definition) is 3. The molecular formula is C15H24ClN3. The molecule has 0 radical (unpaired) electrons. The summed E-state index contributed by atoms with van der Waals surface area (Å²) in [7, 11) is 0. The summed E-state index contributed by atoms with van der Waals surface area (Å²) in [4.78, 5) is 9.06. The van der Waals surface area contributed by atoms with Crippen LogP contribution in [0.15, 0.2) is 6.07 Å². The van der Waals surface area contributed by atoms with E-state index in [1.54, 1.807) is 0 Å². The van der Waals surface area contributed by atoms with Crippen LogP contribution in [0.4, 0.5) is 5.95 Å². The molecule has 1 fully saturated rings. The minimum absolute atomic E-state index is 0.435. The Balaban J connectivity index is 1.99. The van der Waals surface area contributed by atoms with E-state index >= 15 is 0 Å². The van der Waals surface area contributed by atoms with Crippen molar-refractivity contribution in [2.45, 2.75) is 46.0 Å². The highest BCUT2D eigenvalue weighted by Gasteiger charge is 2.26. The van der Waals surface area contributed by atoms with Gasteiger partial charge in [0.25, 0.3) is 0 Å². The summed E-state index contributed by atoms with van der Waals surface area (Å²) >= 11 is 6.02. The number of hydrogen-bond donors (Lipinski definition) is 1. The van der Waals surface area contributed by atoms with Crippen LogP contribution in [-0.4, -0.2) is 22.4 Å². The number of nitrogens with zero attached hydrogens (tertiary/aromatic N) is 2. The summed E-state index contributed by atoms with van der Waals surface area (Å²) in [6.45, 7) is 7.28. The first kappa shape index (κ1) is 14.6. The minimum Gasteiger partial charge on any atom is -0.354 e. The maximum atomic E-state index is 6.02. The molecule has 0 aliphatic heterocycles. The third-order valence-electron chi connectivity index (χ3n) is 4.00. The molecule has 0 aromatic carbocycles. The molecule has 1 saturated carbocycles. The van der Waals surface area contributed by atoms with Gasteiger partial charge in [-0.2, -0.15) is 0 Å². The van der Waals surface area contributed by atoms with Crippen LogP contribution in [0.2, 0.25) is 0 Å². The van der Waals surface area contributed by atoms with Crippen molar-refractivity contribution in [1.29, 1.82) is 0 Å². The van der Waals surface area contributed by atoms with Crippen molar-refractivity contribution >= 4 is 17.5 Å². The molecule has 0 saturated heterocycles. The number of nitrogens with one attached hydrogen (secondary N) is 1. The van der Waals surface area contributed by atoms with Gasteiger partial charge in [-0.3, -0.25) is 0 Å². The van der Waals surface area contributed by atoms with Gasteiger partial charge in [0.1, 0.15) is 0 Å². The lowest BCUT2D eigenvalue weighted by atomic mass is 9.98. The fraction of sp³-hybridized carbons (Fsp3) is 0.733. The second-order valence-corrected chi connectivity index (χ2v) is 6.21. The second-order valence-electron chi connectivity index (χ2n) is 5.90. The average molecular weight is 282 g/mol. The van der Waals surface area contributed by atoms with E-state index in [0.717, 1.165) is 29.8 Å². The van der Waals surface area contributed by atoms with Crippen LogP contribution in [0.25, 0.3) is 0 Å². The van der Waals surface area contributed by atoms with Gasteiger partial charge in [-0.05, 0) is 43.6 Å². The predicted octanol–water partition coefficient (Wildman–Crippen LogP) is 3.98. The Morgan fingerprint density at radius 2 is 2.05 bits per heavy atom. The number of alkyl halides is 1. The van der Waals surface area contributed by atoms with Gasteiger partial charge < -0.3 is 5.32 Å². The van der Waals surface area contributed by atoms with Crippen molar-refractivity contribution in [3.05, 3.63) is 17.5 Å². The Morgan fingerprint density at radius 1 is 1.32 bits per heavy atom. The van der Waals surface area contributed by atoms with Crippen molar-refractivity contribution in [2.75, 3.05) is 17.7 Å². The normalized spacial score (nSPS) is 23.0. The first-order valence-electron chi connectivity index (χ1n) is 7.25. The lowest BCUT2D eigenvalue weighted by Crippen LogP contribution is -2.20. The van der Waals surface area contributed by atoms with Gasteiger partial charge in [0.05, 0.1) is 0 Å². The van der Waals surface area contributed by atoms with Crippen LogP contribution in [0.3, 0.4) is 0 Å². The molecule has 1 aromatic heterocycles. The van der Waals surface area contributed by atoms with Crippen LogP contribution < -0.4 is 5.32 Å². The zero-order valence-electron chi connectivity index (χ0n) is 12.1. The van der Waals surface area contributed by atoms with E-state index in [1.165, 1.54) is 19.3 Å². The molecule has 1 aliphatic carbocycles. The SMILES string of the molecule is Cc1cc(C(C)C)nc(NCC2CCCC2CCl)n1. The zero-order chi connectivity index (χ0) is 13.8. The van der Waals surface area contributed by atoms with E-state index in [2.05, 4.69) is 35.2 Å². The van der Waals surface area contributed by atoms with Crippen molar-refractivity contribution in [2.24, 2.45) is 11.8 Å². The molecule has 1 aliphatic rings. The van der Waals surface area contributed by atoms with Crippen LogP contribution in [-0.2, 0) is 0 Å². The summed E-state index contributed by atoms with van der Waals surface area (Å²) in [6, 6.07) is 2.06. The van der Waals surface area contributed by atoms with E-state index in [4.69, 9.17) is 11.6 Å². The summed E-state index contributed by atoms with van der Waals surface area (Å²) in [6.07, 6.45) is 3.84. The fourth-order valence-corrected chi connectivity index (χ4v) is 3.18. The molecule has 1 heterocycles. The van der Waals surface area contributed by atoms with Crippen molar-refractivity contribution in [3.8, 4) is 0 Å². The summed E-state index contributed by atoms with van der Waals surface area (Å²) in [5.74, 6) is 3.30. The number of anilines is 1. The van der Waals surface area contributed by atoms with Crippen LogP contribution in [0, 0.1) is 18.8 Å². The monoisotopic (exact) mass is 281 g/mol. The quantitative estimate of drug-likeness (QED) is 0.830. The molecule has 0 spiro atoms. The maximum Gasteiger partial charge on any atom is 0.223 e. The highest BCUT2D eigenvalue weighted by atomic mass is 35.5. The van der Waals surface area contributed by atoms with Crippen LogP contribution in [0.1, 0.15) is 50.4 Å². The molecule has 3 nitrogen and oxygen atoms in total. The Kier molecular flexibility index (Phi) is 5.03. The Hall–Kier alpha value is -0.830. The van der Waals surface area contributed by atoms with E-state index in [9.17, 15) is 0 Å². The summed E-state index contributed by atoms with van der Waals surface area (Å²) in [5.41, 5.74) is 2.14. The van der Waals surface area contributed by atoms with E-state index in [0.29, 0.717) is 17.8 Å². The summed E-state index contributed by atoms with van der Waals surface area (Å²) in [5, 5.41) is 3.41. The Bertz CT molecular complexity index is 420. The van der Waals surface area contributed by atoms with Gasteiger partial charge in [0.15, 0.2) is 0 Å². The highest BCUT2D eigenvalue weighted by Crippen LogP contribution is 2.32. The lowest BCUT2D eigenvalue weighted by Gasteiger charge is -2.18. The Morgan fingerprint density at radius 3 is 2.74 bits per heavy atom.